The second-order valence-corrected chi connectivity index (χ2v) is 5.27. The van der Waals surface area contributed by atoms with Crippen molar-refractivity contribution < 1.29 is 19.8 Å². The number of hydrogen-bond acceptors (Lipinski definition) is 2. The van der Waals surface area contributed by atoms with Crippen LogP contribution < -0.4 is 0 Å². The first-order chi connectivity index (χ1) is 10.3. The van der Waals surface area contributed by atoms with Crippen LogP contribution in [-0.4, -0.2) is 22.2 Å². The number of rotatable bonds is 11. The van der Waals surface area contributed by atoms with Gasteiger partial charge in [-0.05, 0) is 25.2 Å². The van der Waals surface area contributed by atoms with Crippen molar-refractivity contribution in [3.63, 3.8) is 0 Å². The average molecular weight is 310 g/mol. The summed E-state index contributed by atoms with van der Waals surface area (Å²) < 4.78 is 0. The molecule has 0 aliphatic rings. The highest BCUT2D eigenvalue weighted by atomic mass is 16.4. The Kier molecular flexibility index (Phi) is 14.4. The number of unbranched alkanes of at least 4 members (excludes halogenated alkanes) is 1. The van der Waals surface area contributed by atoms with E-state index >= 15 is 0 Å². The minimum Gasteiger partial charge on any atom is -0.478 e. The Bertz CT molecular complexity index is 383. The summed E-state index contributed by atoms with van der Waals surface area (Å²) in [4.78, 5) is 20.6. The summed E-state index contributed by atoms with van der Waals surface area (Å²) in [7, 11) is 0. The van der Waals surface area contributed by atoms with Crippen molar-refractivity contribution in [3.05, 3.63) is 37.0 Å². The van der Waals surface area contributed by atoms with E-state index in [9.17, 15) is 9.59 Å². The van der Waals surface area contributed by atoms with Crippen molar-refractivity contribution in [2.75, 3.05) is 0 Å². The van der Waals surface area contributed by atoms with Crippen LogP contribution in [0.1, 0.15) is 58.8 Å². The molecular formula is C18H30O4. The lowest BCUT2D eigenvalue weighted by molar-refractivity contribution is -0.133. The molecule has 0 saturated carbocycles. The minimum absolute atomic E-state index is 0.245. The summed E-state index contributed by atoms with van der Waals surface area (Å²) in [6, 6.07) is 0. The van der Waals surface area contributed by atoms with Crippen LogP contribution in [0.5, 0.6) is 0 Å². The van der Waals surface area contributed by atoms with Crippen molar-refractivity contribution in [2.24, 2.45) is 5.92 Å². The zero-order chi connectivity index (χ0) is 17.5. The van der Waals surface area contributed by atoms with Crippen LogP contribution in [0, 0.1) is 5.92 Å². The van der Waals surface area contributed by atoms with Gasteiger partial charge in [0, 0.05) is 11.1 Å². The maximum atomic E-state index is 10.5. The summed E-state index contributed by atoms with van der Waals surface area (Å²) in [6.07, 6.45) is 8.04. The van der Waals surface area contributed by atoms with Gasteiger partial charge in [0.15, 0.2) is 0 Å². The van der Waals surface area contributed by atoms with Crippen molar-refractivity contribution in [3.8, 4) is 0 Å². The largest absolute Gasteiger partial charge is 0.478 e. The van der Waals surface area contributed by atoms with Crippen LogP contribution in [-0.2, 0) is 9.59 Å². The third kappa shape index (κ3) is 13.2. The second-order valence-electron chi connectivity index (χ2n) is 5.27. The number of carbonyl (C=O) groups is 2. The molecule has 0 aliphatic heterocycles. The molecule has 2 N–H and O–H groups in total. The fourth-order valence-electron chi connectivity index (χ4n) is 1.76. The van der Waals surface area contributed by atoms with Gasteiger partial charge in [-0.25, -0.2) is 9.59 Å². The molecule has 0 bridgehead atoms. The van der Waals surface area contributed by atoms with E-state index in [1.165, 1.54) is 12.8 Å². The highest BCUT2D eigenvalue weighted by Gasteiger charge is 2.11. The van der Waals surface area contributed by atoms with Gasteiger partial charge in [-0.1, -0.05) is 58.8 Å². The Balaban J connectivity index is 0. The Morgan fingerprint density at radius 2 is 1.64 bits per heavy atom. The first-order valence-electron chi connectivity index (χ1n) is 7.73. The van der Waals surface area contributed by atoms with Crippen LogP contribution in [0.25, 0.3) is 0 Å². The number of allylic oxidation sites excluding steroid dienone is 1. The van der Waals surface area contributed by atoms with Gasteiger partial charge in [-0.15, -0.1) is 6.58 Å². The molecule has 1 unspecified atom stereocenters. The lowest BCUT2D eigenvalue weighted by atomic mass is 9.92. The Morgan fingerprint density at radius 1 is 1.09 bits per heavy atom. The molecule has 0 heterocycles. The molecule has 0 aromatic heterocycles. The molecule has 4 heteroatoms. The smallest absolute Gasteiger partial charge is 0.330 e. The Morgan fingerprint density at radius 3 is 2.00 bits per heavy atom. The van der Waals surface area contributed by atoms with E-state index in [1.807, 2.05) is 0 Å². The van der Waals surface area contributed by atoms with Gasteiger partial charge in [0.2, 0.25) is 0 Å². The van der Waals surface area contributed by atoms with Crippen LogP contribution in [0.15, 0.2) is 37.0 Å². The topological polar surface area (TPSA) is 74.6 Å². The van der Waals surface area contributed by atoms with Gasteiger partial charge in [0.25, 0.3) is 0 Å². The SMILES string of the molecule is C=C(CC(CC)CCCC)C(=O)O.C=CCCC(=C)C(=O)O. The van der Waals surface area contributed by atoms with E-state index in [1.54, 1.807) is 6.08 Å². The summed E-state index contributed by atoms with van der Waals surface area (Å²) in [6.45, 7) is 14.6. The molecule has 0 radical (unpaired) electrons. The number of hydrogen-bond donors (Lipinski definition) is 2. The van der Waals surface area contributed by atoms with Gasteiger partial charge in [-0.2, -0.15) is 0 Å². The van der Waals surface area contributed by atoms with E-state index in [0.717, 1.165) is 12.8 Å². The summed E-state index contributed by atoms with van der Waals surface area (Å²) in [5.74, 6) is -1.27. The standard InChI is InChI=1S/C11H20O2.C7H10O2/c1-4-6-7-10(5-2)8-9(3)11(12)13;1-3-4-5-6(2)7(8)9/h10H,3-8H2,1-2H3,(H,12,13);3H,1-2,4-5H2,(H,8,9). The van der Waals surface area contributed by atoms with E-state index in [-0.39, 0.29) is 5.57 Å². The predicted molar refractivity (Wildman–Crippen MR) is 90.9 cm³/mol. The van der Waals surface area contributed by atoms with Gasteiger partial charge in [0.05, 0.1) is 0 Å². The zero-order valence-corrected chi connectivity index (χ0v) is 13.9. The lowest BCUT2D eigenvalue weighted by Gasteiger charge is -2.13. The van der Waals surface area contributed by atoms with Crippen molar-refractivity contribution >= 4 is 11.9 Å². The van der Waals surface area contributed by atoms with Crippen LogP contribution >= 0.6 is 0 Å². The fourth-order valence-corrected chi connectivity index (χ4v) is 1.76. The highest BCUT2D eigenvalue weighted by molar-refractivity contribution is 5.86. The number of carboxylic acids is 2. The van der Waals surface area contributed by atoms with Crippen LogP contribution in [0.3, 0.4) is 0 Å². The lowest BCUT2D eigenvalue weighted by Crippen LogP contribution is -2.06. The third-order valence-corrected chi connectivity index (χ3v) is 3.33. The van der Waals surface area contributed by atoms with E-state index in [0.29, 0.717) is 30.8 Å². The molecule has 1 atom stereocenters. The molecule has 0 saturated heterocycles. The van der Waals surface area contributed by atoms with E-state index in [4.69, 9.17) is 10.2 Å². The van der Waals surface area contributed by atoms with Gasteiger partial charge < -0.3 is 10.2 Å². The first kappa shape index (κ1) is 22.4. The quantitative estimate of drug-likeness (QED) is 0.423. The monoisotopic (exact) mass is 310 g/mol. The average Bonchev–Trinajstić information content (AvgIpc) is 2.48. The van der Waals surface area contributed by atoms with Crippen molar-refractivity contribution in [1.29, 1.82) is 0 Å². The van der Waals surface area contributed by atoms with E-state index in [2.05, 4.69) is 33.6 Å². The zero-order valence-electron chi connectivity index (χ0n) is 13.9. The molecule has 0 aromatic carbocycles. The summed E-state index contributed by atoms with van der Waals surface area (Å²) in [5, 5.41) is 16.9. The van der Waals surface area contributed by atoms with Crippen molar-refractivity contribution in [1.82, 2.24) is 0 Å². The molecule has 4 nitrogen and oxygen atoms in total. The van der Waals surface area contributed by atoms with Gasteiger partial charge in [-0.3, -0.25) is 0 Å². The molecule has 0 fully saturated rings. The first-order valence-corrected chi connectivity index (χ1v) is 7.73. The normalized spacial score (nSPS) is 10.8. The number of carboxylic acid groups (broad SMARTS) is 2. The summed E-state index contributed by atoms with van der Waals surface area (Å²) >= 11 is 0. The van der Waals surface area contributed by atoms with Crippen LogP contribution in [0.2, 0.25) is 0 Å². The maximum absolute atomic E-state index is 10.5. The molecule has 0 aliphatic carbocycles. The Labute approximate surface area is 134 Å². The molecule has 0 spiro atoms. The molecule has 0 aromatic rings. The molecule has 126 valence electrons. The molecular weight excluding hydrogens is 280 g/mol. The number of aliphatic carboxylic acids is 2. The van der Waals surface area contributed by atoms with E-state index < -0.39 is 11.9 Å². The highest BCUT2D eigenvalue weighted by Crippen LogP contribution is 2.20. The maximum Gasteiger partial charge on any atom is 0.330 e. The summed E-state index contributed by atoms with van der Waals surface area (Å²) in [5.41, 5.74) is 0.595. The minimum atomic E-state index is -0.920. The van der Waals surface area contributed by atoms with Gasteiger partial charge in [0.1, 0.15) is 0 Å². The van der Waals surface area contributed by atoms with Crippen molar-refractivity contribution in [2.45, 2.75) is 58.8 Å². The van der Waals surface area contributed by atoms with Crippen LogP contribution in [0.4, 0.5) is 0 Å². The predicted octanol–water partition coefficient (Wildman–Crippen LogP) is 4.83. The van der Waals surface area contributed by atoms with Gasteiger partial charge >= 0.3 is 11.9 Å². The Hall–Kier alpha value is -1.84. The second kappa shape index (κ2) is 14.1. The molecule has 22 heavy (non-hydrogen) atoms. The third-order valence-electron chi connectivity index (χ3n) is 3.33. The molecule has 0 amide bonds. The molecule has 0 rings (SSSR count). The fraction of sp³-hybridized carbons (Fsp3) is 0.556.